The van der Waals surface area contributed by atoms with Gasteiger partial charge in [0.2, 0.25) is 0 Å². The lowest BCUT2D eigenvalue weighted by molar-refractivity contribution is 0.0475. The number of anilines is 1. The number of rotatable bonds is 6. The molecule has 3 amide bonds. The second-order valence-corrected chi connectivity index (χ2v) is 8.95. The number of carbonyl (C=O) groups is 3. The fourth-order valence-electron chi connectivity index (χ4n) is 4.35. The summed E-state index contributed by atoms with van der Waals surface area (Å²) >= 11 is 0. The van der Waals surface area contributed by atoms with Gasteiger partial charge in [0.25, 0.3) is 17.7 Å². The van der Waals surface area contributed by atoms with Crippen molar-refractivity contribution in [3.05, 3.63) is 88.5 Å². The zero-order valence-corrected chi connectivity index (χ0v) is 19.7. The van der Waals surface area contributed by atoms with E-state index in [0.717, 1.165) is 24.0 Å². The van der Waals surface area contributed by atoms with E-state index in [1.165, 1.54) is 4.90 Å². The molecule has 35 heavy (non-hydrogen) atoms. The summed E-state index contributed by atoms with van der Waals surface area (Å²) in [5.41, 5.74) is 4.03. The molecule has 0 radical (unpaired) electrons. The Hall–Kier alpha value is -3.97. The van der Waals surface area contributed by atoms with Crippen LogP contribution in [0.25, 0.3) is 0 Å². The highest BCUT2D eigenvalue weighted by molar-refractivity contribution is 6.21. The van der Waals surface area contributed by atoms with E-state index in [2.05, 4.69) is 5.32 Å². The third-order valence-corrected chi connectivity index (χ3v) is 6.45. The summed E-state index contributed by atoms with van der Waals surface area (Å²) in [5.74, 6) is 0.0824. The van der Waals surface area contributed by atoms with Gasteiger partial charge in [-0.3, -0.25) is 19.3 Å². The molecule has 2 aliphatic heterocycles. The molecule has 0 spiro atoms. The van der Waals surface area contributed by atoms with Crippen LogP contribution in [0.1, 0.15) is 55.0 Å². The lowest BCUT2D eigenvalue weighted by atomic mass is 10.1. The van der Waals surface area contributed by atoms with Gasteiger partial charge in [0.1, 0.15) is 11.5 Å². The maximum atomic E-state index is 12.9. The molecular weight excluding hydrogens is 444 g/mol. The van der Waals surface area contributed by atoms with Gasteiger partial charge in [0.15, 0.2) is 0 Å². The van der Waals surface area contributed by atoms with Crippen LogP contribution < -0.4 is 10.1 Å². The molecule has 7 heteroatoms. The topological polar surface area (TPSA) is 84.9 Å². The molecule has 1 N–H and O–H groups in total. The van der Waals surface area contributed by atoms with Crippen LogP contribution in [0.15, 0.2) is 60.7 Å². The number of fused-ring (bicyclic) bond motifs is 1. The predicted octanol–water partition coefficient (Wildman–Crippen LogP) is 5.12. The molecule has 1 fully saturated rings. The van der Waals surface area contributed by atoms with E-state index >= 15 is 0 Å². The van der Waals surface area contributed by atoms with Crippen LogP contribution in [0.5, 0.6) is 11.5 Å². The summed E-state index contributed by atoms with van der Waals surface area (Å²) in [4.78, 5) is 39.6. The van der Waals surface area contributed by atoms with Crippen molar-refractivity contribution in [1.82, 2.24) is 4.90 Å². The molecule has 0 aliphatic carbocycles. The van der Waals surface area contributed by atoms with E-state index in [0.29, 0.717) is 40.5 Å². The second-order valence-electron chi connectivity index (χ2n) is 8.95. The minimum Gasteiger partial charge on any atom is -0.457 e. The third kappa shape index (κ3) is 4.68. The summed E-state index contributed by atoms with van der Waals surface area (Å²) in [6.07, 6.45) is 1.68. The molecule has 5 rings (SSSR count). The van der Waals surface area contributed by atoms with Crippen LogP contribution in [0.4, 0.5) is 5.69 Å². The Morgan fingerprint density at radius 3 is 2.54 bits per heavy atom. The van der Waals surface area contributed by atoms with E-state index in [-0.39, 0.29) is 30.4 Å². The highest BCUT2D eigenvalue weighted by atomic mass is 16.5. The van der Waals surface area contributed by atoms with Crippen molar-refractivity contribution in [1.29, 1.82) is 0 Å². The number of amides is 3. The van der Waals surface area contributed by atoms with E-state index in [4.69, 9.17) is 9.47 Å². The highest BCUT2D eigenvalue weighted by Gasteiger charge is 2.37. The van der Waals surface area contributed by atoms with Gasteiger partial charge < -0.3 is 14.8 Å². The Balaban J connectivity index is 1.29. The molecule has 2 heterocycles. The second kappa shape index (κ2) is 9.35. The quantitative estimate of drug-likeness (QED) is 0.505. The third-order valence-electron chi connectivity index (χ3n) is 6.45. The first-order chi connectivity index (χ1) is 16.9. The molecule has 7 nitrogen and oxygen atoms in total. The predicted molar refractivity (Wildman–Crippen MR) is 131 cm³/mol. The zero-order chi connectivity index (χ0) is 24.5. The van der Waals surface area contributed by atoms with Gasteiger partial charge >= 0.3 is 0 Å². The average Bonchev–Trinajstić information content (AvgIpc) is 3.44. The molecule has 2 aliphatic rings. The zero-order valence-electron chi connectivity index (χ0n) is 19.7. The standard InChI is InChI=1S/C28H26N2O5/c1-17-8-9-19(13-18(17)2)26(31)29-20-5-3-6-21(14-20)35-22-10-11-24-25(15-22)28(33)30(27(24)32)16-23-7-4-12-34-23/h3,5-6,8-11,13-15,23H,4,7,12,16H2,1-2H3,(H,29,31). The summed E-state index contributed by atoms with van der Waals surface area (Å²) in [7, 11) is 0. The van der Waals surface area contributed by atoms with Crippen LogP contribution in [0, 0.1) is 13.8 Å². The summed E-state index contributed by atoms with van der Waals surface area (Å²) in [5, 5.41) is 2.89. The maximum Gasteiger partial charge on any atom is 0.261 e. The number of hydrogen-bond donors (Lipinski definition) is 1. The van der Waals surface area contributed by atoms with Gasteiger partial charge in [-0.1, -0.05) is 12.1 Å². The Morgan fingerprint density at radius 1 is 0.971 bits per heavy atom. The van der Waals surface area contributed by atoms with Gasteiger partial charge in [0, 0.05) is 23.9 Å². The number of benzene rings is 3. The maximum absolute atomic E-state index is 12.9. The monoisotopic (exact) mass is 470 g/mol. The Bertz CT molecular complexity index is 1330. The molecule has 1 atom stereocenters. The minimum absolute atomic E-state index is 0.102. The number of aryl methyl sites for hydroxylation is 2. The van der Waals surface area contributed by atoms with Crippen LogP contribution in [-0.2, 0) is 4.74 Å². The van der Waals surface area contributed by atoms with Crippen molar-refractivity contribution >= 4 is 23.4 Å². The first kappa shape index (κ1) is 22.8. The summed E-state index contributed by atoms with van der Waals surface area (Å²) in [6.45, 7) is 4.90. The van der Waals surface area contributed by atoms with Crippen LogP contribution in [0.2, 0.25) is 0 Å². The lowest BCUT2D eigenvalue weighted by Crippen LogP contribution is -2.36. The largest absolute Gasteiger partial charge is 0.457 e. The van der Waals surface area contributed by atoms with Crippen LogP contribution in [0.3, 0.4) is 0 Å². The molecule has 1 unspecified atom stereocenters. The Labute approximate surface area is 203 Å². The number of nitrogens with one attached hydrogen (secondary N) is 1. The summed E-state index contributed by atoms with van der Waals surface area (Å²) < 4.78 is 11.6. The highest BCUT2D eigenvalue weighted by Crippen LogP contribution is 2.31. The number of carbonyl (C=O) groups excluding carboxylic acids is 3. The smallest absolute Gasteiger partial charge is 0.261 e. The van der Waals surface area contributed by atoms with Crippen LogP contribution >= 0.6 is 0 Å². The van der Waals surface area contributed by atoms with E-state index < -0.39 is 0 Å². The molecule has 0 aromatic heterocycles. The van der Waals surface area contributed by atoms with Crippen molar-refractivity contribution in [3.8, 4) is 11.5 Å². The Kier molecular flexibility index (Phi) is 6.09. The fourth-order valence-corrected chi connectivity index (χ4v) is 4.35. The molecule has 1 saturated heterocycles. The SMILES string of the molecule is Cc1ccc(C(=O)Nc2cccc(Oc3ccc4c(c3)C(=O)N(CC3CCCO3)C4=O)c2)cc1C. The molecule has 0 bridgehead atoms. The number of ether oxygens (including phenoxy) is 2. The van der Waals surface area contributed by atoms with Gasteiger partial charge in [-0.05, 0) is 80.3 Å². The molecule has 3 aromatic carbocycles. The van der Waals surface area contributed by atoms with Crippen molar-refractivity contribution in [2.75, 3.05) is 18.5 Å². The van der Waals surface area contributed by atoms with E-state index in [1.54, 1.807) is 48.5 Å². The molecule has 178 valence electrons. The first-order valence-corrected chi connectivity index (χ1v) is 11.7. The molecule has 3 aromatic rings. The fraction of sp³-hybridized carbons (Fsp3) is 0.250. The summed E-state index contributed by atoms with van der Waals surface area (Å²) in [6, 6.07) is 17.5. The lowest BCUT2D eigenvalue weighted by Gasteiger charge is -2.17. The Morgan fingerprint density at radius 2 is 1.77 bits per heavy atom. The number of nitrogens with zero attached hydrogens (tertiary/aromatic N) is 1. The van der Waals surface area contributed by atoms with E-state index in [9.17, 15) is 14.4 Å². The van der Waals surface area contributed by atoms with Gasteiger partial charge in [-0.15, -0.1) is 0 Å². The van der Waals surface area contributed by atoms with Crippen molar-refractivity contribution < 1.29 is 23.9 Å². The average molecular weight is 471 g/mol. The van der Waals surface area contributed by atoms with Crippen molar-refractivity contribution in [2.24, 2.45) is 0 Å². The van der Waals surface area contributed by atoms with Crippen LogP contribution in [-0.4, -0.2) is 41.9 Å². The minimum atomic E-state index is -0.333. The van der Waals surface area contributed by atoms with Gasteiger partial charge in [-0.2, -0.15) is 0 Å². The first-order valence-electron chi connectivity index (χ1n) is 11.7. The number of imide groups is 1. The number of hydrogen-bond acceptors (Lipinski definition) is 5. The molecular formula is C28H26N2O5. The molecule has 0 saturated carbocycles. The van der Waals surface area contributed by atoms with Crippen molar-refractivity contribution in [2.45, 2.75) is 32.8 Å². The van der Waals surface area contributed by atoms with Gasteiger partial charge in [-0.25, -0.2) is 0 Å². The van der Waals surface area contributed by atoms with E-state index in [1.807, 2.05) is 26.0 Å². The normalized spacial score (nSPS) is 17.0. The van der Waals surface area contributed by atoms with Gasteiger partial charge in [0.05, 0.1) is 23.8 Å². The van der Waals surface area contributed by atoms with Crippen molar-refractivity contribution in [3.63, 3.8) is 0 Å².